The number of aromatic nitrogens is 1. The molecule has 1 aliphatic rings. The highest BCUT2D eigenvalue weighted by Crippen LogP contribution is 2.20. The average Bonchev–Trinajstić information content (AvgIpc) is 3.10. The van der Waals surface area contributed by atoms with Gasteiger partial charge in [-0.2, -0.15) is 0 Å². The lowest BCUT2D eigenvalue weighted by atomic mass is 10.2. The average molecular weight is 233 g/mol. The second-order valence-electron chi connectivity index (χ2n) is 5.05. The Bertz CT molecular complexity index is 372. The number of hydrogen-bond acceptors (Lipinski definition) is 3. The fourth-order valence-electron chi connectivity index (χ4n) is 2.02. The molecule has 1 aromatic rings. The normalized spacial score (nSPS) is 15.0. The van der Waals surface area contributed by atoms with Crippen LogP contribution in [0, 0.1) is 6.92 Å². The second-order valence-corrected chi connectivity index (χ2v) is 5.05. The Balaban J connectivity index is 2.04. The van der Waals surface area contributed by atoms with E-state index in [0.29, 0.717) is 0 Å². The number of pyridine rings is 1. The van der Waals surface area contributed by atoms with Crippen molar-refractivity contribution in [3.05, 3.63) is 23.4 Å². The monoisotopic (exact) mass is 233 g/mol. The number of nitrogens with zero attached hydrogens (tertiary/aromatic N) is 2. The molecule has 1 aliphatic carbocycles. The molecule has 1 saturated carbocycles. The van der Waals surface area contributed by atoms with Gasteiger partial charge < -0.3 is 10.2 Å². The minimum Gasteiger partial charge on any atom is -0.360 e. The third-order valence-electron chi connectivity index (χ3n) is 3.12. The topological polar surface area (TPSA) is 28.2 Å². The van der Waals surface area contributed by atoms with E-state index in [1.165, 1.54) is 18.4 Å². The zero-order valence-electron chi connectivity index (χ0n) is 11.2. The summed E-state index contributed by atoms with van der Waals surface area (Å²) in [5.41, 5.74) is 2.46. The van der Waals surface area contributed by atoms with Crippen LogP contribution in [-0.4, -0.2) is 24.6 Å². The molecular formula is C14H23N3. The summed E-state index contributed by atoms with van der Waals surface area (Å²) in [5, 5.41) is 3.55. The van der Waals surface area contributed by atoms with E-state index in [-0.39, 0.29) is 0 Å². The number of hydrogen-bond donors (Lipinski definition) is 1. The molecule has 1 aromatic heterocycles. The van der Waals surface area contributed by atoms with Crippen LogP contribution in [0.4, 0.5) is 5.82 Å². The molecule has 0 amide bonds. The molecule has 17 heavy (non-hydrogen) atoms. The second kappa shape index (κ2) is 5.50. The van der Waals surface area contributed by atoms with Gasteiger partial charge in [0.05, 0.1) is 0 Å². The molecule has 3 heteroatoms. The molecule has 0 bridgehead atoms. The number of nitrogens with one attached hydrogen (secondary N) is 1. The van der Waals surface area contributed by atoms with Crippen molar-refractivity contribution in [3.63, 3.8) is 0 Å². The molecule has 0 radical (unpaired) electrons. The summed E-state index contributed by atoms with van der Waals surface area (Å²) in [6, 6.07) is 5.15. The third-order valence-corrected chi connectivity index (χ3v) is 3.12. The van der Waals surface area contributed by atoms with Crippen LogP contribution < -0.4 is 10.2 Å². The smallest absolute Gasteiger partial charge is 0.128 e. The number of aryl methyl sites for hydroxylation is 1. The van der Waals surface area contributed by atoms with E-state index >= 15 is 0 Å². The Morgan fingerprint density at radius 1 is 1.41 bits per heavy atom. The van der Waals surface area contributed by atoms with Crippen molar-refractivity contribution in [1.29, 1.82) is 0 Å². The molecule has 0 unspecified atom stereocenters. The standard InChI is InChI=1S/C14H23N3/c1-4-7-17(3)14-9-12(8-11(2)16-14)10-15-13-5-6-13/h8-9,13,15H,4-7,10H2,1-3H3. The highest BCUT2D eigenvalue weighted by atomic mass is 15.2. The van der Waals surface area contributed by atoms with Gasteiger partial charge in [0.25, 0.3) is 0 Å². The third kappa shape index (κ3) is 3.70. The Kier molecular flexibility index (Phi) is 4.00. The highest BCUT2D eigenvalue weighted by molar-refractivity contribution is 5.41. The minimum atomic E-state index is 0.764. The predicted molar refractivity (Wildman–Crippen MR) is 72.4 cm³/mol. The zero-order chi connectivity index (χ0) is 12.3. The van der Waals surface area contributed by atoms with Crippen LogP contribution in [0.1, 0.15) is 37.4 Å². The highest BCUT2D eigenvalue weighted by Gasteiger charge is 2.20. The summed E-state index contributed by atoms with van der Waals surface area (Å²) >= 11 is 0. The zero-order valence-corrected chi connectivity index (χ0v) is 11.2. The number of anilines is 1. The van der Waals surface area contributed by atoms with Crippen molar-refractivity contribution in [3.8, 4) is 0 Å². The van der Waals surface area contributed by atoms with Crippen molar-refractivity contribution in [2.45, 2.75) is 45.7 Å². The first kappa shape index (κ1) is 12.4. The van der Waals surface area contributed by atoms with Crippen molar-refractivity contribution >= 4 is 5.82 Å². The molecule has 1 heterocycles. The Morgan fingerprint density at radius 3 is 2.82 bits per heavy atom. The maximum absolute atomic E-state index is 4.59. The van der Waals surface area contributed by atoms with Gasteiger partial charge in [-0.05, 0) is 43.9 Å². The Hall–Kier alpha value is -1.09. The molecule has 94 valence electrons. The molecule has 1 fully saturated rings. The molecule has 1 N–H and O–H groups in total. The van der Waals surface area contributed by atoms with E-state index in [1.807, 2.05) is 0 Å². The van der Waals surface area contributed by atoms with Crippen LogP contribution in [0.3, 0.4) is 0 Å². The van der Waals surface area contributed by atoms with Crippen molar-refractivity contribution < 1.29 is 0 Å². The first-order chi connectivity index (χ1) is 8.19. The lowest BCUT2D eigenvalue weighted by molar-refractivity contribution is 0.686. The van der Waals surface area contributed by atoms with Gasteiger partial charge in [0.1, 0.15) is 5.82 Å². The van der Waals surface area contributed by atoms with E-state index in [1.54, 1.807) is 0 Å². The fourth-order valence-corrected chi connectivity index (χ4v) is 2.02. The lowest BCUT2D eigenvalue weighted by Gasteiger charge is -2.18. The maximum Gasteiger partial charge on any atom is 0.128 e. The summed E-state index contributed by atoms with van der Waals surface area (Å²) in [5.74, 6) is 1.10. The summed E-state index contributed by atoms with van der Waals surface area (Å²) < 4.78 is 0. The molecule has 0 spiro atoms. The van der Waals surface area contributed by atoms with E-state index < -0.39 is 0 Å². The summed E-state index contributed by atoms with van der Waals surface area (Å²) in [6.07, 6.45) is 3.83. The van der Waals surface area contributed by atoms with Crippen molar-refractivity contribution in [1.82, 2.24) is 10.3 Å². The van der Waals surface area contributed by atoms with Crippen LogP contribution in [0.25, 0.3) is 0 Å². The lowest BCUT2D eigenvalue weighted by Crippen LogP contribution is -2.20. The van der Waals surface area contributed by atoms with Crippen molar-refractivity contribution in [2.75, 3.05) is 18.5 Å². The van der Waals surface area contributed by atoms with Gasteiger partial charge in [0.15, 0.2) is 0 Å². The van der Waals surface area contributed by atoms with E-state index in [0.717, 1.165) is 37.1 Å². The SMILES string of the molecule is CCCN(C)c1cc(CNC2CC2)cc(C)n1. The Labute approximate surface area is 104 Å². The number of rotatable bonds is 6. The molecule has 3 nitrogen and oxygen atoms in total. The fraction of sp³-hybridized carbons (Fsp3) is 0.643. The minimum absolute atomic E-state index is 0.764. The molecule has 0 saturated heterocycles. The van der Waals surface area contributed by atoms with E-state index in [4.69, 9.17) is 0 Å². The van der Waals surface area contributed by atoms with Crippen LogP contribution in [0.15, 0.2) is 12.1 Å². The van der Waals surface area contributed by atoms with Gasteiger partial charge in [-0.1, -0.05) is 6.92 Å². The molecule has 0 aromatic carbocycles. The van der Waals surface area contributed by atoms with Gasteiger partial charge in [-0.25, -0.2) is 4.98 Å². The van der Waals surface area contributed by atoms with E-state index in [2.05, 4.69) is 48.2 Å². The van der Waals surface area contributed by atoms with Gasteiger partial charge in [-0.3, -0.25) is 0 Å². The van der Waals surface area contributed by atoms with E-state index in [9.17, 15) is 0 Å². The van der Waals surface area contributed by atoms with Gasteiger partial charge in [0.2, 0.25) is 0 Å². The summed E-state index contributed by atoms with van der Waals surface area (Å²) in [7, 11) is 2.11. The van der Waals surface area contributed by atoms with Gasteiger partial charge in [-0.15, -0.1) is 0 Å². The molecule has 0 atom stereocenters. The molecular weight excluding hydrogens is 210 g/mol. The van der Waals surface area contributed by atoms with Gasteiger partial charge in [0, 0.05) is 31.9 Å². The van der Waals surface area contributed by atoms with Crippen LogP contribution in [0.5, 0.6) is 0 Å². The summed E-state index contributed by atoms with van der Waals surface area (Å²) in [4.78, 5) is 6.82. The quantitative estimate of drug-likeness (QED) is 0.818. The van der Waals surface area contributed by atoms with Gasteiger partial charge >= 0.3 is 0 Å². The van der Waals surface area contributed by atoms with Crippen LogP contribution >= 0.6 is 0 Å². The largest absolute Gasteiger partial charge is 0.360 e. The molecule has 2 rings (SSSR count). The van der Waals surface area contributed by atoms with Crippen LogP contribution in [0.2, 0.25) is 0 Å². The first-order valence-corrected chi connectivity index (χ1v) is 6.61. The van der Waals surface area contributed by atoms with Crippen molar-refractivity contribution in [2.24, 2.45) is 0 Å². The first-order valence-electron chi connectivity index (χ1n) is 6.61. The maximum atomic E-state index is 4.59. The predicted octanol–water partition coefficient (Wildman–Crippen LogP) is 2.49. The Morgan fingerprint density at radius 2 is 2.18 bits per heavy atom. The van der Waals surface area contributed by atoms with Crippen LogP contribution in [-0.2, 0) is 6.54 Å². The summed E-state index contributed by atoms with van der Waals surface area (Å²) in [6.45, 7) is 6.30. The molecule has 0 aliphatic heterocycles.